The molecule has 0 amide bonds. The Hall–Kier alpha value is -1.73. The van der Waals surface area contributed by atoms with E-state index >= 15 is 0 Å². The van der Waals surface area contributed by atoms with Crippen molar-refractivity contribution in [2.24, 2.45) is 0 Å². The lowest BCUT2D eigenvalue weighted by molar-refractivity contribution is 0.0491. The van der Waals surface area contributed by atoms with Gasteiger partial charge in [0, 0.05) is 23.2 Å². The lowest BCUT2D eigenvalue weighted by Crippen LogP contribution is -2.01. The van der Waals surface area contributed by atoms with Crippen LogP contribution in [0.15, 0.2) is 22.7 Å². The number of fused-ring (bicyclic) bond motifs is 3. The van der Waals surface area contributed by atoms with E-state index in [1.807, 2.05) is 0 Å². The van der Waals surface area contributed by atoms with Gasteiger partial charge >= 0.3 is 0 Å². The molecule has 3 rings (SSSR count). The van der Waals surface area contributed by atoms with Crippen LogP contribution in [0.1, 0.15) is 5.69 Å². The van der Waals surface area contributed by atoms with E-state index in [0.717, 1.165) is 10.8 Å². The summed E-state index contributed by atoms with van der Waals surface area (Å²) in [6.45, 7) is 0.0174. The number of hydrogen-bond donors (Lipinski definition) is 0. The molecule has 0 radical (unpaired) electrons. The Kier molecular flexibility index (Phi) is 3.54. The standard InChI is InChI=1S/C13H10BrFN2O3/c1-18-6-19-12-9-4-7(15)2-3-8(9)11-10(5-14)17-20-13(11)16-12/h2-4H,5-6H2,1H3. The van der Waals surface area contributed by atoms with Gasteiger partial charge in [-0.3, -0.25) is 0 Å². The third-order valence-electron chi connectivity index (χ3n) is 2.87. The number of alkyl halides is 1. The van der Waals surface area contributed by atoms with Gasteiger partial charge in [-0.2, -0.15) is 4.98 Å². The van der Waals surface area contributed by atoms with E-state index in [-0.39, 0.29) is 18.5 Å². The minimum Gasteiger partial charge on any atom is -0.450 e. The molecule has 7 heteroatoms. The number of pyridine rings is 1. The second-order valence-electron chi connectivity index (χ2n) is 4.10. The topological polar surface area (TPSA) is 57.4 Å². The fourth-order valence-corrected chi connectivity index (χ4v) is 2.42. The van der Waals surface area contributed by atoms with E-state index in [2.05, 4.69) is 26.1 Å². The average Bonchev–Trinajstić information content (AvgIpc) is 2.87. The first-order valence-corrected chi connectivity index (χ1v) is 6.92. The number of hydrogen-bond acceptors (Lipinski definition) is 5. The van der Waals surface area contributed by atoms with Gasteiger partial charge < -0.3 is 14.0 Å². The number of ether oxygens (including phenoxy) is 2. The summed E-state index contributed by atoms with van der Waals surface area (Å²) in [5, 5.41) is 6.55. The maximum atomic E-state index is 13.5. The fourth-order valence-electron chi connectivity index (χ4n) is 2.04. The number of halogens is 2. The molecule has 0 saturated carbocycles. The molecule has 0 N–H and O–H groups in total. The van der Waals surface area contributed by atoms with Gasteiger partial charge in [-0.1, -0.05) is 27.2 Å². The maximum absolute atomic E-state index is 13.5. The van der Waals surface area contributed by atoms with E-state index in [1.165, 1.54) is 19.2 Å². The first-order chi connectivity index (χ1) is 9.74. The van der Waals surface area contributed by atoms with Gasteiger partial charge in [0.25, 0.3) is 5.71 Å². The highest BCUT2D eigenvalue weighted by atomic mass is 79.9. The Morgan fingerprint density at radius 1 is 1.35 bits per heavy atom. The highest BCUT2D eigenvalue weighted by Gasteiger charge is 2.17. The van der Waals surface area contributed by atoms with Crippen LogP contribution in [-0.2, 0) is 10.1 Å². The maximum Gasteiger partial charge on any atom is 0.261 e. The largest absolute Gasteiger partial charge is 0.450 e. The molecule has 0 bridgehead atoms. The zero-order valence-electron chi connectivity index (χ0n) is 10.5. The first-order valence-electron chi connectivity index (χ1n) is 5.80. The Bertz CT molecular complexity index is 775. The number of nitrogens with zero attached hydrogens (tertiary/aromatic N) is 2. The Morgan fingerprint density at radius 2 is 2.20 bits per heavy atom. The summed E-state index contributed by atoms with van der Waals surface area (Å²) < 4.78 is 28.9. The molecular weight excluding hydrogens is 331 g/mol. The summed E-state index contributed by atoms with van der Waals surface area (Å²) in [5.74, 6) is -0.108. The molecule has 2 aromatic heterocycles. The summed E-state index contributed by atoms with van der Waals surface area (Å²) in [6.07, 6.45) is 0. The monoisotopic (exact) mass is 340 g/mol. The molecule has 0 spiro atoms. The minimum atomic E-state index is -0.363. The second-order valence-corrected chi connectivity index (χ2v) is 4.66. The molecule has 20 heavy (non-hydrogen) atoms. The minimum absolute atomic E-state index is 0.0174. The van der Waals surface area contributed by atoms with Crippen LogP contribution in [0, 0.1) is 5.82 Å². The van der Waals surface area contributed by atoms with Crippen molar-refractivity contribution < 1.29 is 18.4 Å². The highest BCUT2D eigenvalue weighted by molar-refractivity contribution is 9.08. The van der Waals surface area contributed by atoms with E-state index in [9.17, 15) is 4.39 Å². The van der Waals surface area contributed by atoms with Crippen molar-refractivity contribution in [1.29, 1.82) is 0 Å². The summed E-state index contributed by atoms with van der Waals surface area (Å²) in [5.41, 5.74) is 1.06. The molecule has 0 unspecified atom stereocenters. The fraction of sp³-hybridized carbons (Fsp3) is 0.231. The van der Waals surface area contributed by atoms with Gasteiger partial charge in [0.1, 0.15) is 11.5 Å². The molecule has 0 aliphatic heterocycles. The normalized spacial score (nSPS) is 11.3. The molecule has 3 aromatic rings. The van der Waals surface area contributed by atoms with Crippen molar-refractivity contribution in [3.05, 3.63) is 29.7 Å². The number of rotatable bonds is 4. The first kappa shape index (κ1) is 13.3. The third kappa shape index (κ3) is 2.12. The van der Waals surface area contributed by atoms with Crippen molar-refractivity contribution in [3.8, 4) is 5.88 Å². The van der Waals surface area contributed by atoms with Gasteiger partial charge in [0.05, 0.1) is 5.39 Å². The zero-order chi connectivity index (χ0) is 14.1. The zero-order valence-corrected chi connectivity index (χ0v) is 12.1. The van der Waals surface area contributed by atoms with Crippen molar-refractivity contribution in [2.75, 3.05) is 13.9 Å². The predicted octanol–water partition coefficient (Wildman–Crippen LogP) is 3.39. The van der Waals surface area contributed by atoms with E-state index in [1.54, 1.807) is 6.07 Å². The summed E-state index contributed by atoms with van der Waals surface area (Å²) in [7, 11) is 1.50. The van der Waals surface area contributed by atoms with Crippen LogP contribution in [0.25, 0.3) is 21.9 Å². The molecule has 2 heterocycles. The van der Waals surface area contributed by atoms with Crippen LogP contribution < -0.4 is 4.74 Å². The van der Waals surface area contributed by atoms with Crippen LogP contribution in [0.2, 0.25) is 0 Å². The molecule has 0 aliphatic rings. The quantitative estimate of drug-likeness (QED) is 0.538. The van der Waals surface area contributed by atoms with E-state index in [0.29, 0.717) is 22.1 Å². The average molecular weight is 341 g/mol. The van der Waals surface area contributed by atoms with Crippen LogP contribution in [-0.4, -0.2) is 24.0 Å². The molecule has 1 aromatic carbocycles. The van der Waals surface area contributed by atoms with E-state index in [4.69, 9.17) is 14.0 Å². The highest BCUT2D eigenvalue weighted by Crippen LogP contribution is 2.33. The molecule has 0 fully saturated rings. The van der Waals surface area contributed by atoms with Gasteiger partial charge in [-0.25, -0.2) is 4.39 Å². The van der Waals surface area contributed by atoms with Gasteiger partial charge in [-0.05, 0) is 12.1 Å². The van der Waals surface area contributed by atoms with Crippen LogP contribution in [0.3, 0.4) is 0 Å². The van der Waals surface area contributed by atoms with Crippen LogP contribution in [0.4, 0.5) is 4.39 Å². The molecule has 0 aliphatic carbocycles. The SMILES string of the molecule is COCOc1nc2onc(CBr)c2c2ccc(F)cc12. The molecule has 0 saturated heterocycles. The van der Waals surface area contributed by atoms with Crippen molar-refractivity contribution in [2.45, 2.75) is 5.33 Å². The second kappa shape index (κ2) is 5.34. The smallest absolute Gasteiger partial charge is 0.261 e. The number of benzene rings is 1. The van der Waals surface area contributed by atoms with Crippen molar-refractivity contribution in [1.82, 2.24) is 10.1 Å². The lowest BCUT2D eigenvalue weighted by Gasteiger charge is -2.08. The summed E-state index contributed by atoms with van der Waals surface area (Å²) in [6, 6.07) is 4.42. The van der Waals surface area contributed by atoms with Crippen molar-refractivity contribution >= 4 is 37.8 Å². The molecule has 5 nitrogen and oxygen atoms in total. The number of aromatic nitrogens is 2. The molecular formula is C13H10BrFN2O3. The van der Waals surface area contributed by atoms with Gasteiger partial charge in [0.2, 0.25) is 5.88 Å². The summed E-state index contributed by atoms with van der Waals surface area (Å²) >= 11 is 3.34. The van der Waals surface area contributed by atoms with Gasteiger partial charge in [-0.15, -0.1) is 0 Å². The van der Waals surface area contributed by atoms with Crippen molar-refractivity contribution in [3.63, 3.8) is 0 Å². The third-order valence-corrected chi connectivity index (χ3v) is 3.40. The molecule has 104 valence electrons. The van der Waals surface area contributed by atoms with Gasteiger partial charge in [0.15, 0.2) is 6.79 Å². The van der Waals surface area contributed by atoms with Crippen LogP contribution >= 0.6 is 15.9 Å². The van der Waals surface area contributed by atoms with Crippen LogP contribution in [0.5, 0.6) is 5.88 Å². The Labute approximate surface area is 121 Å². The predicted molar refractivity (Wildman–Crippen MR) is 74.4 cm³/mol. The Morgan fingerprint density at radius 3 is 2.95 bits per heavy atom. The van der Waals surface area contributed by atoms with E-state index < -0.39 is 0 Å². The summed E-state index contributed by atoms with van der Waals surface area (Å²) in [4.78, 5) is 4.23. The lowest BCUT2D eigenvalue weighted by atomic mass is 10.1. The Balaban J connectivity index is 2.34. The number of methoxy groups -OCH3 is 1. The molecule has 0 atom stereocenters.